The van der Waals surface area contributed by atoms with Crippen LogP contribution in [0.3, 0.4) is 0 Å². The van der Waals surface area contributed by atoms with E-state index in [-0.39, 0.29) is 10.8 Å². The molecular weight excluding hydrogens is 350 g/mol. The van der Waals surface area contributed by atoms with Crippen molar-refractivity contribution in [3.63, 3.8) is 0 Å². The summed E-state index contributed by atoms with van der Waals surface area (Å²) in [6, 6.07) is 17.4. The number of aryl methyl sites for hydroxylation is 1. The highest BCUT2D eigenvalue weighted by Gasteiger charge is 2.44. The summed E-state index contributed by atoms with van der Waals surface area (Å²) in [6.45, 7) is 6.87. The average molecular weight is 376 g/mol. The Labute approximate surface area is 155 Å². The summed E-state index contributed by atoms with van der Waals surface area (Å²) in [7, 11) is -3.46. The quantitative estimate of drug-likeness (QED) is 0.710. The molecular formula is C20H25NO2S2. The minimum Gasteiger partial charge on any atom is -0.207 e. The molecule has 1 saturated heterocycles. The zero-order valence-corrected chi connectivity index (χ0v) is 16.6. The molecule has 1 fully saturated rings. The van der Waals surface area contributed by atoms with Gasteiger partial charge in [-0.3, -0.25) is 0 Å². The van der Waals surface area contributed by atoms with Gasteiger partial charge in [0, 0.05) is 22.2 Å². The Bertz CT molecular complexity index is 815. The molecule has 134 valence electrons. The number of rotatable bonds is 5. The fourth-order valence-corrected chi connectivity index (χ4v) is 6.60. The summed E-state index contributed by atoms with van der Waals surface area (Å²) >= 11 is 1.75. The van der Waals surface area contributed by atoms with Gasteiger partial charge in [-0.05, 0) is 57.9 Å². The normalized spacial score (nSPS) is 19.2. The van der Waals surface area contributed by atoms with E-state index < -0.39 is 10.0 Å². The van der Waals surface area contributed by atoms with Crippen LogP contribution in [0.2, 0.25) is 0 Å². The van der Waals surface area contributed by atoms with Gasteiger partial charge in [0.25, 0.3) is 0 Å². The Morgan fingerprint density at radius 1 is 1.04 bits per heavy atom. The molecule has 0 spiro atoms. The third-order valence-electron chi connectivity index (χ3n) is 4.76. The molecule has 5 heteroatoms. The van der Waals surface area contributed by atoms with Crippen LogP contribution < -0.4 is 0 Å². The van der Waals surface area contributed by atoms with Crippen molar-refractivity contribution in [2.45, 2.75) is 54.2 Å². The first kappa shape index (κ1) is 18.5. The lowest BCUT2D eigenvalue weighted by atomic mass is 10.0. The first-order valence-corrected chi connectivity index (χ1v) is 10.9. The highest BCUT2D eigenvalue weighted by molar-refractivity contribution is 8.00. The van der Waals surface area contributed by atoms with Gasteiger partial charge in [0.05, 0.1) is 4.90 Å². The van der Waals surface area contributed by atoms with Crippen LogP contribution in [0.15, 0.2) is 64.4 Å². The Morgan fingerprint density at radius 2 is 1.68 bits per heavy atom. The molecule has 0 aliphatic carbocycles. The van der Waals surface area contributed by atoms with Crippen LogP contribution in [0.25, 0.3) is 0 Å². The SMILES string of the molecule is Cc1ccc(S(=O)(=O)N2CCC[C@H]2C(C)(C)Sc2ccccc2)cc1. The number of hydrogen-bond acceptors (Lipinski definition) is 3. The number of benzene rings is 2. The Kier molecular flexibility index (Phi) is 5.28. The molecule has 0 radical (unpaired) electrons. The van der Waals surface area contributed by atoms with E-state index in [1.54, 1.807) is 28.2 Å². The van der Waals surface area contributed by atoms with Crippen LogP contribution in [0.4, 0.5) is 0 Å². The van der Waals surface area contributed by atoms with Crippen molar-refractivity contribution in [1.29, 1.82) is 0 Å². The molecule has 0 unspecified atom stereocenters. The standard InChI is InChI=1S/C20H25NO2S2/c1-16-11-13-18(14-12-16)25(22,23)21-15-7-10-19(21)20(2,3)24-17-8-5-4-6-9-17/h4-6,8-9,11-14,19H,7,10,15H2,1-3H3/t19-/m0/s1. The summed E-state index contributed by atoms with van der Waals surface area (Å²) < 4.78 is 27.9. The molecule has 1 atom stereocenters. The fourth-order valence-electron chi connectivity index (χ4n) is 3.43. The molecule has 1 heterocycles. The molecule has 0 N–H and O–H groups in total. The molecule has 2 aromatic rings. The van der Waals surface area contributed by atoms with Gasteiger partial charge < -0.3 is 0 Å². The molecule has 0 aromatic heterocycles. The minimum absolute atomic E-state index is 0.0102. The predicted octanol–water partition coefficient (Wildman–Crippen LogP) is 4.72. The van der Waals surface area contributed by atoms with Crippen LogP contribution in [0, 0.1) is 6.92 Å². The van der Waals surface area contributed by atoms with Crippen LogP contribution in [-0.4, -0.2) is 30.1 Å². The van der Waals surface area contributed by atoms with E-state index >= 15 is 0 Å². The molecule has 3 rings (SSSR count). The zero-order chi connectivity index (χ0) is 18.1. The molecule has 25 heavy (non-hydrogen) atoms. The van der Waals surface area contributed by atoms with Crippen molar-refractivity contribution < 1.29 is 8.42 Å². The largest absolute Gasteiger partial charge is 0.243 e. The van der Waals surface area contributed by atoms with Gasteiger partial charge in [-0.25, -0.2) is 8.42 Å². The zero-order valence-electron chi connectivity index (χ0n) is 15.0. The van der Waals surface area contributed by atoms with Crippen LogP contribution in [0.1, 0.15) is 32.3 Å². The average Bonchev–Trinajstić information content (AvgIpc) is 3.07. The van der Waals surface area contributed by atoms with Gasteiger partial charge in [0.15, 0.2) is 0 Å². The van der Waals surface area contributed by atoms with E-state index in [1.165, 1.54) is 4.90 Å². The second kappa shape index (κ2) is 7.14. The van der Waals surface area contributed by atoms with Gasteiger partial charge in [0.2, 0.25) is 10.0 Å². The van der Waals surface area contributed by atoms with E-state index in [1.807, 2.05) is 37.3 Å². The van der Waals surface area contributed by atoms with Gasteiger partial charge in [-0.1, -0.05) is 35.9 Å². The topological polar surface area (TPSA) is 37.4 Å². The van der Waals surface area contributed by atoms with Gasteiger partial charge in [-0.15, -0.1) is 11.8 Å². The molecule has 0 bridgehead atoms. The highest BCUT2D eigenvalue weighted by Crippen LogP contribution is 2.42. The third-order valence-corrected chi connectivity index (χ3v) is 7.99. The fraction of sp³-hybridized carbons (Fsp3) is 0.400. The summed E-state index contributed by atoms with van der Waals surface area (Å²) in [4.78, 5) is 1.57. The van der Waals surface area contributed by atoms with E-state index in [4.69, 9.17) is 0 Å². The molecule has 3 nitrogen and oxygen atoms in total. The van der Waals surface area contributed by atoms with Crippen molar-refractivity contribution in [3.05, 3.63) is 60.2 Å². The van der Waals surface area contributed by atoms with Crippen molar-refractivity contribution in [2.24, 2.45) is 0 Å². The molecule has 2 aromatic carbocycles. The maximum atomic E-state index is 13.2. The van der Waals surface area contributed by atoms with Crippen LogP contribution in [-0.2, 0) is 10.0 Å². The number of hydrogen-bond donors (Lipinski definition) is 0. The lowest BCUT2D eigenvalue weighted by Gasteiger charge is -2.36. The Balaban J connectivity index is 1.87. The monoisotopic (exact) mass is 375 g/mol. The van der Waals surface area contributed by atoms with Gasteiger partial charge >= 0.3 is 0 Å². The summed E-state index contributed by atoms with van der Waals surface area (Å²) in [5.41, 5.74) is 1.07. The highest BCUT2D eigenvalue weighted by atomic mass is 32.2. The maximum Gasteiger partial charge on any atom is 0.243 e. The molecule has 0 saturated carbocycles. The van der Waals surface area contributed by atoms with Crippen molar-refractivity contribution in [3.8, 4) is 0 Å². The first-order chi connectivity index (χ1) is 11.8. The molecule has 1 aliphatic heterocycles. The van der Waals surface area contributed by atoms with Gasteiger partial charge in [-0.2, -0.15) is 4.31 Å². The number of nitrogens with zero attached hydrogens (tertiary/aromatic N) is 1. The first-order valence-electron chi connectivity index (χ1n) is 8.63. The summed E-state index contributed by atoms with van der Waals surface area (Å²) in [5, 5.41) is 0. The Morgan fingerprint density at radius 3 is 2.32 bits per heavy atom. The van der Waals surface area contributed by atoms with Crippen molar-refractivity contribution in [2.75, 3.05) is 6.54 Å². The second-order valence-corrected chi connectivity index (χ2v) is 10.7. The van der Waals surface area contributed by atoms with E-state index in [9.17, 15) is 8.42 Å². The van der Waals surface area contributed by atoms with Crippen molar-refractivity contribution >= 4 is 21.8 Å². The number of thioether (sulfide) groups is 1. The number of sulfonamides is 1. The lowest BCUT2D eigenvalue weighted by Crippen LogP contribution is -2.46. The third kappa shape index (κ3) is 3.94. The predicted molar refractivity (Wildman–Crippen MR) is 104 cm³/mol. The van der Waals surface area contributed by atoms with E-state index in [2.05, 4.69) is 26.0 Å². The maximum absolute atomic E-state index is 13.2. The molecule has 1 aliphatic rings. The van der Waals surface area contributed by atoms with E-state index in [0.717, 1.165) is 18.4 Å². The Hall–Kier alpha value is -1.30. The van der Waals surface area contributed by atoms with Crippen molar-refractivity contribution in [1.82, 2.24) is 4.31 Å². The summed E-state index contributed by atoms with van der Waals surface area (Å²) in [6.07, 6.45) is 1.81. The second-order valence-electron chi connectivity index (χ2n) is 7.11. The molecule has 0 amide bonds. The van der Waals surface area contributed by atoms with Crippen LogP contribution >= 0.6 is 11.8 Å². The van der Waals surface area contributed by atoms with E-state index in [0.29, 0.717) is 11.4 Å². The summed E-state index contributed by atoms with van der Waals surface area (Å²) in [5.74, 6) is 0. The smallest absolute Gasteiger partial charge is 0.207 e. The van der Waals surface area contributed by atoms with Crippen LogP contribution in [0.5, 0.6) is 0 Å². The minimum atomic E-state index is -3.46. The lowest BCUT2D eigenvalue weighted by molar-refractivity contribution is 0.338. The van der Waals surface area contributed by atoms with Gasteiger partial charge in [0.1, 0.15) is 0 Å².